The molecule has 1 aliphatic heterocycles. The van der Waals surface area contributed by atoms with E-state index in [1.54, 1.807) is 27.8 Å². The van der Waals surface area contributed by atoms with Gasteiger partial charge in [-0.25, -0.2) is 9.67 Å². The highest BCUT2D eigenvalue weighted by molar-refractivity contribution is 9.10. The molecule has 2 aromatic carbocycles. The molecule has 0 aliphatic carbocycles. The van der Waals surface area contributed by atoms with E-state index in [1.807, 2.05) is 24.3 Å². The molecule has 142 valence electrons. The third-order valence-electron chi connectivity index (χ3n) is 4.50. The van der Waals surface area contributed by atoms with E-state index >= 15 is 0 Å². The Morgan fingerprint density at radius 1 is 1.25 bits per heavy atom. The van der Waals surface area contributed by atoms with Crippen LogP contribution in [0, 0.1) is 5.92 Å². The van der Waals surface area contributed by atoms with Crippen LogP contribution in [0.25, 0.3) is 5.69 Å². The molecule has 1 unspecified atom stereocenters. The van der Waals surface area contributed by atoms with Gasteiger partial charge in [0.2, 0.25) is 11.8 Å². The van der Waals surface area contributed by atoms with E-state index in [0.717, 1.165) is 10.2 Å². The van der Waals surface area contributed by atoms with Gasteiger partial charge in [-0.1, -0.05) is 33.6 Å². The molecule has 2 amide bonds. The minimum absolute atomic E-state index is 0.0826. The SMILES string of the molecule is O=C(Nc1cc(Cl)ccc1-n1cncn1)C1CC(=O)N(c2cccc(Br)c2)C1. The summed E-state index contributed by atoms with van der Waals surface area (Å²) in [6.45, 7) is 0.320. The first-order valence-electron chi connectivity index (χ1n) is 8.52. The van der Waals surface area contributed by atoms with Gasteiger partial charge < -0.3 is 10.2 Å². The molecule has 0 spiro atoms. The van der Waals surface area contributed by atoms with Gasteiger partial charge in [0.25, 0.3) is 0 Å². The van der Waals surface area contributed by atoms with Crippen molar-refractivity contribution in [2.75, 3.05) is 16.8 Å². The first kappa shape index (κ1) is 18.6. The Morgan fingerprint density at radius 2 is 2.11 bits per heavy atom. The van der Waals surface area contributed by atoms with Crippen LogP contribution in [0.3, 0.4) is 0 Å². The number of nitrogens with zero attached hydrogens (tertiary/aromatic N) is 4. The summed E-state index contributed by atoms with van der Waals surface area (Å²) >= 11 is 9.51. The van der Waals surface area contributed by atoms with Crippen molar-refractivity contribution in [3.05, 3.63) is 64.6 Å². The number of aromatic nitrogens is 3. The number of hydrogen-bond acceptors (Lipinski definition) is 4. The van der Waals surface area contributed by atoms with Crippen molar-refractivity contribution in [2.24, 2.45) is 5.92 Å². The Balaban J connectivity index is 1.54. The highest BCUT2D eigenvalue weighted by Gasteiger charge is 2.35. The van der Waals surface area contributed by atoms with Gasteiger partial charge in [0.05, 0.1) is 17.3 Å². The molecule has 1 saturated heterocycles. The van der Waals surface area contributed by atoms with Crippen LogP contribution >= 0.6 is 27.5 Å². The molecule has 2 heterocycles. The van der Waals surface area contributed by atoms with Crippen molar-refractivity contribution in [1.82, 2.24) is 14.8 Å². The second kappa shape index (κ2) is 7.73. The Morgan fingerprint density at radius 3 is 2.86 bits per heavy atom. The molecular formula is C19H15BrClN5O2. The fourth-order valence-electron chi connectivity index (χ4n) is 3.15. The molecule has 28 heavy (non-hydrogen) atoms. The number of carbonyl (C=O) groups is 2. The lowest BCUT2D eigenvalue weighted by molar-refractivity contribution is -0.122. The molecule has 1 fully saturated rings. The summed E-state index contributed by atoms with van der Waals surface area (Å²) in [5, 5.41) is 7.47. The number of hydrogen-bond donors (Lipinski definition) is 1. The van der Waals surface area contributed by atoms with Crippen molar-refractivity contribution in [3.8, 4) is 5.69 Å². The average molecular weight is 461 g/mol. The molecule has 0 bridgehead atoms. The fraction of sp³-hybridized carbons (Fsp3) is 0.158. The first-order chi connectivity index (χ1) is 13.5. The second-order valence-corrected chi connectivity index (χ2v) is 7.73. The molecular weight excluding hydrogens is 446 g/mol. The third-order valence-corrected chi connectivity index (χ3v) is 5.23. The minimum Gasteiger partial charge on any atom is -0.324 e. The van der Waals surface area contributed by atoms with E-state index in [2.05, 4.69) is 31.3 Å². The Labute approximate surface area is 174 Å². The number of benzene rings is 2. The zero-order valence-corrected chi connectivity index (χ0v) is 16.9. The predicted molar refractivity (Wildman–Crippen MR) is 110 cm³/mol. The molecule has 7 nitrogen and oxygen atoms in total. The summed E-state index contributed by atoms with van der Waals surface area (Å²) in [7, 11) is 0. The molecule has 0 radical (unpaired) electrons. The van der Waals surface area contributed by atoms with Crippen LogP contribution in [0.4, 0.5) is 11.4 Å². The topological polar surface area (TPSA) is 80.1 Å². The summed E-state index contributed by atoms with van der Waals surface area (Å²) < 4.78 is 2.42. The fourth-order valence-corrected chi connectivity index (χ4v) is 3.71. The Kier molecular flexibility index (Phi) is 5.15. The maximum Gasteiger partial charge on any atom is 0.229 e. The largest absolute Gasteiger partial charge is 0.324 e. The number of carbonyl (C=O) groups excluding carboxylic acids is 2. The van der Waals surface area contributed by atoms with E-state index in [1.165, 1.54) is 12.7 Å². The summed E-state index contributed by atoms with van der Waals surface area (Å²) in [6, 6.07) is 12.6. The zero-order valence-electron chi connectivity index (χ0n) is 14.5. The monoisotopic (exact) mass is 459 g/mol. The van der Waals surface area contributed by atoms with Gasteiger partial charge in [0.1, 0.15) is 12.7 Å². The van der Waals surface area contributed by atoms with Crippen molar-refractivity contribution in [3.63, 3.8) is 0 Å². The van der Waals surface area contributed by atoms with Gasteiger partial charge in [-0.15, -0.1) is 0 Å². The maximum absolute atomic E-state index is 12.8. The van der Waals surface area contributed by atoms with Crippen LogP contribution in [0.5, 0.6) is 0 Å². The van der Waals surface area contributed by atoms with Gasteiger partial charge in [-0.3, -0.25) is 9.59 Å². The Bertz CT molecular complexity index is 1040. The maximum atomic E-state index is 12.8. The molecule has 9 heteroatoms. The highest BCUT2D eigenvalue weighted by atomic mass is 79.9. The van der Waals surface area contributed by atoms with E-state index < -0.39 is 5.92 Å². The first-order valence-corrected chi connectivity index (χ1v) is 9.70. The lowest BCUT2D eigenvalue weighted by atomic mass is 10.1. The van der Waals surface area contributed by atoms with Crippen LogP contribution < -0.4 is 10.2 Å². The molecule has 1 aliphatic rings. The summed E-state index contributed by atoms with van der Waals surface area (Å²) in [6.07, 6.45) is 3.09. The zero-order chi connectivity index (χ0) is 19.7. The predicted octanol–water partition coefficient (Wildman–Crippen LogP) is 3.67. The Hall–Kier alpha value is -2.71. The number of amides is 2. The lowest BCUT2D eigenvalue weighted by Gasteiger charge is -2.17. The molecule has 4 rings (SSSR count). The molecule has 1 N–H and O–H groups in total. The van der Waals surface area contributed by atoms with Crippen molar-refractivity contribution in [2.45, 2.75) is 6.42 Å². The van der Waals surface area contributed by atoms with Crippen LogP contribution in [0.15, 0.2) is 59.6 Å². The molecule has 1 atom stereocenters. The van der Waals surface area contributed by atoms with Gasteiger partial charge in [0.15, 0.2) is 0 Å². The van der Waals surface area contributed by atoms with Crippen molar-refractivity contribution < 1.29 is 9.59 Å². The average Bonchev–Trinajstić information content (AvgIpc) is 3.32. The standard InChI is InChI=1S/C19H15BrClN5O2/c20-13-2-1-3-15(7-13)25-9-12(6-18(25)27)19(28)24-16-8-14(21)4-5-17(16)26-11-22-10-23-26/h1-5,7-8,10-12H,6,9H2,(H,24,28). The number of nitrogens with one attached hydrogen (secondary N) is 1. The smallest absolute Gasteiger partial charge is 0.229 e. The quantitative estimate of drug-likeness (QED) is 0.644. The number of anilines is 2. The van der Waals surface area contributed by atoms with E-state index in [-0.39, 0.29) is 18.2 Å². The number of rotatable bonds is 4. The number of halogens is 2. The van der Waals surface area contributed by atoms with Crippen LogP contribution in [-0.2, 0) is 9.59 Å². The van der Waals surface area contributed by atoms with Crippen LogP contribution in [0.1, 0.15) is 6.42 Å². The molecule has 0 saturated carbocycles. The second-order valence-electron chi connectivity index (χ2n) is 6.38. The van der Waals surface area contributed by atoms with E-state index in [0.29, 0.717) is 22.9 Å². The molecule has 1 aromatic heterocycles. The summed E-state index contributed by atoms with van der Waals surface area (Å²) in [4.78, 5) is 30.9. The normalized spacial score (nSPS) is 16.4. The van der Waals surface area contributed by atoms with Gasteiger partial charge in [0, 0.05) is 28.1 Å². The highest BCUT2D eigenvalue weighted by Crippen LogP contribution is 2.29. The minimum atomic E-state index is -0.464. The lowest BCUT2D eigenvalue weighted by Crippen LogP contribution is -2.28. The van der Waals surface area contributed by atoms with Gasteiger partial charge in [-0.05, 0) is 36.4 Å². The van der Waals surface area contributed by atoms with Crippen LogP contribution in [0.2, 0.25) is 5.02 Å². The van der Waals surface area contributed by atoms with Crippen molar-refractivity contribution >= 4 is 50.7 Å². The van der Waals surface area contributed by atoms with E-state index in [9.17, 15) is 9.59 Å². The molecule has 3 aromatic rings. The van der Waals surface area contributed by atoms with Crippen molar-refractivity contribution in [1.29, 1.82) is 0 Å². The van der Waals surface area contributed by atoms with Crippen LogP contribution in [-0.4, -0.2) is 33.1 Å². The summed E-state index contributed by atoms with van der Waals surface area (Å²) in [5.74, 6) is -0.788. The van der Waals surface area contributed by atoms with E-state index in [4.69, 9.17) is 11.6 Å². The third kappa shape index (κ3) is 3.79. The summed E-state index contributed by atoms with van der Waals surface area (Å²) in [5.41, 5.74) is 1.92. The van der Waals surface area contributed by atoms with Gasteiger partial charge >= 0.3 is 0 Å². The van der Waals surface area contributed by atoms with Gasteiger partial charge in [-0.2, -0.15) is 5.10 Å².